The third kappa shape index (κ3) is 2.10. The van der Waals surface area contributed by atoms with Crippen molar-refractivity contribution in [1.82, 2.24) is 0 Å². The van der Waals surface area contributed by atoms with E-state index in [1.54, 1.807) is 12.5 Å². The minimum absolute atomic E-state index is 0.0739. The summed E-state index contributed by atoms with van der Waals surface area (Å²) in [5.74, 6) is 0.383. The Bertz CT molecular complexity index is 540. The largest absolute Gasteiger partial charge is 0.472 e. The van der Waals surface area contributed by atoms with Gasteiger partial charge < -0.3 is 4.42 Å². The number of rotatable bonds is 3. The van der Waals surface area contributed by atoms with Gasteiger partial charge in [-0.3, -0.25) is 4.79 Å². The highest BCUT2D eigenvalue weighted by atomic mass is 16.3. The molecule has 2 heteroatoms. The van der Waals surface area contributed by atoms with Crippen LogP contribution in [0, 0.1) is 0 Å². The van der Waals surface area contributed by atoms with Gasteiger partial charge in [0.05, 0.1) is 12.5 Å². The maximum absolute atomic E-state index is 12.4. The minimum atomic E-state index is 0.0739. The Hall–Kier alpha value is -1.83. The van der Waals surface area contributed by atoms with E-state index in [0.717, 1.165) is 24.8 Å². The lowest BCUT2D eigenvalue weighted by Crippen LogP contribution is -2.20. The second kappa shape index (κ2) is 4.81. The average Bonchev–Trinajstić information content (AvgIpc) is 2.91. The van der Waals surface area contributed by atoms with Crippen LogP contribution in [0.3, 0.4) is 0 Å². The topological polar surface area (TPSA) is 30.2 Å². The van der Waals surface area contributed by atoms with Crippen molar-refractivity contribution in [2.45, 2.75) is 31.6 Å². The summed E-state index contributed by atoms with van der Waals surface area (Å²) >= 11 is 0. The molecule has 1 heterocycles. The number of ketones is 1. The number of Topliss-reactive ketones (excluding diaryl/α,β-unsaturated/α-hetero) is 1. The molecule has 0 radical (unpaired) electrons. The van der Waals surface area contributed by atoms with E-state index in [2.05, 4.69) is 18.2 Å². The lowest BCUT2D eigenvalue weighted by atomic mass is 9.79. The summed E-state index contributed by atoms with van der Waals surface area (Å²) in [5.41, 5.74) is 3.55. The predicted molar refractivity (Wildman–Crippen MR) is 69.5 cm³/mol. The highest BCUT2D eigenvalue weighted by molar-refractivity contribution is 5.88. The van der Waals surface area contributed by atoms with Gasteiger partial charge in [0.25, 0.3) is 0 Å². The molecule has 1 aromatic carbocycles. The summed E-state index contributed by atoms with van der Waals surface area (Å²) in [4.78, 5) is 12.4. The average molecular weight is 240 g/mol. The Morgan fingerprint density at radius 1 is 1.28 bits per heavy atom. The highest BCUT2D eigenvalue weighted by Gasteiger charge is 2.25. The van der Waals surface area contributed by atoms with Crippen molar-refractivity contribution in [3.63, 3.8) is 0 Å². The number of fused-ring (bicyclic) bond motifs is 1. The summed E-state index contributed by atoms with van der Waals surface area (Å²) in [6.45, 7) is 0. The Kier molecular flexibility index (Phi) is 3.01. The van der Waals surface area contributed by atoms with E-state index in [1.165, 1.54) is 11.1 Å². The van der Waals surface area contributed by atoms with Gasteiger partial charge in [0.15, 0.2) is 0 Å². The normalized spacial score (nSPS) is 18.3. The zero-order chi connectivity index (χ0) is 12.4. The first-order valence-corrected chi connectivity index (χ1v) is 6.46. The molecule has 1 aliphatic rings. The van der Waals surface area contributed by atoms with E-state index in [0.29, 0.717) is 12.2 Å². The number of aryl methyl sites for hydroxylation is 1. The van der Waals surface area contributed by atoms with Crippen molar-refractivity contribution in [3.8, 4) is 0 Å². The molecule has 1 atom stereocenters. The van der Waals surface area contributed by atoms with Gasteiger partial charge in [-0.15, -0.1) is 0 Å². The molecule has 0 saturated heterocycles. The fourth-order valence-corrected chi connectivity index (χ4v) is 2.81. The molecule has 92 valence electrons. The van der Waals surface area contributed by atoms with E-state index in [-0.39, 0.29) is 5.92 Å². The van der Waals surface area contributed by atoms with Crippen molar-refractivity contribution in [3.05, 3.63) is 59.5 Å². The second-order valence-electron chi connectivity index (χ2n) is 4.92. The van der Waals surface area contributed by atoms with Crippen LogP contribution in [0.15, 0.2) is 47.3 Å². The Labute approximate surface area is 107 Å². The number of hydrogen-bond acceptors (Lipinski definition) is 2. The van der Waals surface area contributed by atoms with E-state index < -0.39 is 0 Å². The van der Waals surface area contributed by atoms with Gasteiger partial charge in [0.2, 0.25) is 0 Å². The van der Waals surface area contributed by atoms with Crippen molar-refractivity contribution in [2.75, 3.05) is 0 Å². The molecule has 0 fully saturated rings. The standard InChI is InChI=1S/C16H16O2/c17-16(10-12-8-9-18-11-12)15-7-3-5-13-4-1-2-6-14(13)15/h1-2,4,6,8-9,11,15H,3,5,7,10H2. The molecule has 1 unspecified atom stereocenters. The molecule has 0 amide bonds. The third-order valence-electron chi connectivity index (χ3n) is 3.72. The summed E-state index contributed by atoms with van der Waals surface area (Å²) < 4.78 is 5.02. The van der Waals surface area contributed by atoms with Crippen LogP contribution >= 0.6 is 0 Å². The molecule has 0 saturated carbocycles. The molecule has 0 N–H and O–H groups in total. The van der Waals surface area contributed by atoms with E-state index in [4.69, 9.17) is 4.42 Å². The monoisotopic (exact) mass is 240 g/mol. The van der Waals surface area contributed by atoms with Gasteiger partial charge in [-0.1, -0.05) is 24.3 Å². The van der Waals surface area contributed by atoms with Crippen LogP contribution in [0.2, 0.25) is 0 Å². The number of carbonyl (C=O) groups excluding carboxylic acids is 1. The first kappa shape index (κ1) is 11.3. The van der Waals surface area contributed by atoms with Crippen molar-refractivity contribution < 1.29 is 9.21 Å². The predicted octanol–water partition coefficient (Wildman–Crippen LogP) is 3.51. The molecule has 2 nitrogen and oxygen atoms in total. The lowest BCUT2D eigenvalue weighted by Gasteiger charge is -2.24. The molecule has 2 aromatic rings. The number of hydrogen-bond donors (Lipinski definition) is 0. The van der Waals surface area contributed by atoms with Crippen molar-refractivity contribution in [1.29, 1.82) is 0 Å². The van der Waals surface area contributed by atoms with Crippen LogP contribution in [0.5, 0.6) is 0 Å². The van der Waals surface area contributed by atoms with Crippen molar-refractivity contribution in [2.24, 2.45) is 0 Å². The number of benzene rings is 1. The van der Waals surface area contributed by atoms with Gasteiger partial charge in [0, 0.05) is 12.3 Å². The molecular formula is C16H16O2. The van der Waals surface area contributed by atoms with Crippen LogP contribution in [0.25, 0.3) is 0 Å². The van der Waals surface area contributed by atoms with Gasteiger partial charge in [0.1, 0.15) is 5.78 Å². The maximum Gasteiger partial charge on any atom is 0.144 e. The van der Waals surface area contributed by atoms with Crippen molar-refractivity contribution >= 4 is 5.78 Å². The van der Waals surface area contributed by atoms with Gasteiger partial charge >= 0.3 is 0 Å². The van der Waals surface area contributed by atoms with Gasteiger partial charge in [-0.25, -0.2) is 0 Å². The maximum atomic E-state index is 12.4. The van der Waals surface area contributed by atoms with Gasteiger partial charge in [-0.2, -0.15) is 0 Å². The second-order valence-corrected chi connectivity index (χ2v) is 4.92. The molecule has 1 aliphatic carbocycles. The first-order valence-electron chi connectivity index (χ1n) is 6.46. The molecule has 0 spiro atoms. The van der Waals surface area contributed by atoms with Crippen LogP contribution < -0.4 is 0 Å². The summed E-state index contributed by atoms with van der Waals surface area (Å²) in [5, 5.41) is 0. The SMILES string of the molecule is O=C(Cc1ccoc1)C1CCCc2ccccc21. The quantitative estimate of drug-likeness (QED) is 0.821. The molecule has 3 rings (SSSR count). The van der Waals surface area contributed by atoms with Gasteiger partial charge in [-0.05, 0) is 42.0 Å². The molecule has 0 bridgehead atoms. The van der Waals surface area contributed by atoms with Crippen LogP contribution in [-0.2, 0) is 17.6 Å². The Balaban J connectivity index is 1.83. The minimum Gasteiger partial charge on any atom is -0.472 e. The Morgan fingerprint density at radius 3 is 3.00 bits per heavy atom. The van der Waals surface area contributed by atoms with E-state index in [9.17, 15) is 4.79 Å². The highest BCUT2D eigenvalue weighted by Crippen LogP contribution is 2.32. The number of carbonyl (C=O) groups is 1. The zero-order valence-electron chi connectivity index (χ0n) is 10.3. The number of furan rings is 1. The fourth-order valence-electron chi connectivity index (χ4n) is 2.81. The first-order chi connectivity index (χ1) is 8.84. The van der Waals surface area contributed by atoms with E-state index in [1.807, 2.05) is 12.1 Å². The summed E-state index contributed by atoms with van der Waals surface area (Å²) in [6.07, 6.45) is 6.96. The molecular weight excluding hydrogens is 224 g/mol. The van der Waals surface area contributed by atoms with E-state index >= 15 is 0 Å². The lowest BCUT2D eigenvalue weighted by molar-refractivity contribution is -0.120. The van der Waals surface area contributed by atoms with Crippen LogP contribution in [-0.4, -0.2) is 5.78 Å². The summed E-state index contributed by atoms with van der Waals surface area (Å²) in [6, 6.07) is 10.2. The fraction of sp³-hybridized carbons (Fsp3) is 0.312. The molecule has 18 heavy (non-hydrogen) atoms. The third-order valence-corrected chi connectivity index (χ3v) is 3.72. The molecule has 1 aromatic heterocycles. The zero-order valence-corrected chi connectivity index (χ0v) is 10.3. The Morgan fingerprint density at radius 2 is 2.17 bits per heavy atom. The van der Waals surface area contributed by atoms with Crippen LogP contribution in [0.4, 0.5) is 0 Å². The van der Waals surface area contributed by atoms with Crippen LogP contribution in [0.1, 0.15) is 35.4 Å². The smallest absolute Gasteiger partial charge is 0.144 e. The molecule has 0 aliphatic heterocycles. The summed E-state index contributed by atoms with van der Waals surface area (Å²) in [7, 11) is 0.